The first kappa shape index (κ1) is 13.9. The molecule has 0 bridgehead atoms. The topological polar surface area (TPSA) is 105 Å². The Balaban J connectivity index is 2.37. The Bertz CT molecular complexity index is 590. The Labute approximate surface area is 113 Å². The number of hydrogen-bond acceptors (Lipinski definition) is 5. The van der Waals surface area contributed by atoms with Gasteiger partial charge in [-0.3, -0.25) is 19.7 Å². The van der Waals surface area contributed by atoms with Crippen LogP contribution in [0.2, 0.25) is 0 Å². The van der Waals surface area contributed by atoms with Gasteiger partial charge in [0.15, 0.2) is 11.6 Å². The van der Waals surface area contributed by atoms with Crippen LogP contribution in [0, 0.1) is 5.82 Å². The second-order valence-electron chi connectivity index (χ2n) is 4.33. The lowest BCUT2D eigenvalue weighted by atomic mass is 10.1. The fourth-order valence-electron chi connectivity index (χ4n) is 2.07. The average molecular weight is 280 g/mol. The number of imide groups is 1. The lowest BCUT2D eigenvalue weighted by Crippen LogP contribution is -2.59. The number of halogens is 1. The van der Waals surface area contributed by atoms with E-state index in [1.54, 1.807) is 6.92 Å². The molecule has 1 atom stereocenters. The largest absolute Gasteiger partial charge is 0.381 e. The number of pyridine rings is 1. The Hall–Kier alpha value is -2.51. The van der Waals surface area contributed by atoms with E-state index in [1.807, 2.05) is 0 Å². The summed E-state index contributed by atoms with van der Waals surface area (Å²) < 4.78 is 13.8. The van der Waals surface area contributed by atoms with E-state index in [-0.39, 0.29) is 12.1 Å². The summed E-state index contributed by atoms with van der Waals surface area (Å²) in [6, 6.07) is 0.353. The lowest BCUT2D eigenvalue weighted by molar-refractivity contribution is -0.138. The van der Waals surface area contributed by atoms with E-state index in [9.17, 15) is 18.8 Å². The molecule has 0 radical (unpaired) electrons. The van der Waals surface area contributed by atoms with Crippen LogP contribution in [0.3, 0.4) is 0 Å². The molecule has 2 rings (SSSR count). The van der Waals surface area contributed by atoms with Crippen molar-refractivity contribution >= 4 is 23.5 Å². The number of carbonyl (C=O) groups excluding carboxylic acids is 3. The molecular weight excluding hydrogens is 267 g/mol. The zero-order chi connectivity index (χ0) is 14.9. The van der Waals surface area contributed by atoms with Gasteiger partial charge >= 0.3 is 0 Å². The SMILES string of the molecule is CCC1C(=O)NC(=O)CN1C(=O)c1ccnc(N)c1F. The van der Waals surface area contributed by atoms with Crippen molar-refractivity contribution in [3.05, 3.63) is 23.6 Å². The van der Waals surface area contributed by atoms with E-state index in [0.717, 1.165) is 11.0 Å². The molecule has 1 saturated heterocycles. The van der Waals surface area contributed by atoms with E-state index >= 15 is 0 Å². The number of nitrogens with zero attached hydrogens (tertiary/aromatic N) is 2. The average Bonchev–Trinajstić information content (AvgIpc) is 2.40. The highest BCUT2D eigenvalue weighted by Crippen LogP contribution is 2.18. The van der Waals surface area contributed by atoms with Crippen molar-refractivity contribution in [3.63, 3.8) is 0 Å². The minimum absolute atomic E-state index is 0.301. The monoisotopic (exact) mass is 280 g/mol. The normalized spacial score (nSPS) is 18.9. The first-order valence-corrected chi connectivity index (χ1v) is 6.00. The number of rotatable bonds is 2. The number of nitrogens with two attached hydrogens (primary N) is 1. The molecule has 7 nitrogen and oxygen atoms in total. The Morgan fingerprint density at radius 3 is 2.95 bits per heavy atom. The molecule has 3 amide bonds. The standard InChI is InChI=1S/C12H13FN4O3/c1-2-7-11(19)16-8(18)5-17(7)12(20)6-3-4-15-10(14)9(6)13/h3-4,7H,2,5H2,1H3,(H2,14,15)(H,16,18,19). The highest BCUT2D eigenvalue weighted by Gasteiger charge is 2.36. The van der Waals surface area contributed by atoms with E-state index in [0.29, 0.717) is 6.42 Å². The predicted octanol–water partition coefficient (Wildman–Crippen LogP) is -0.320. The minimum atomic E-state index is -0.953. The third-order valence-electron chi connectivity index (χ3n) is 3.05. The summed E-state index contributed by atoms with van der Waals surface area (Å²) in [5.41, 5.74) is 5.00. The summed E-state index contributed by atoms with van der Waals surface area (Å²) in [5, 5.41) is 2.14. The fraction of sp³-hybridized carbons (Fsp3) is 0.333. The molecule has 1 aliphatic rings. The minimum Gasteiger partial charge on any atom is -0.381 e. The van der Waals surface area contributed by atoms with E-state index in [2.05, 4.69) is 10.3 Å². The molecule has 0 saturated carbocycles. The van der Waals surface area contributed by atoms with Crippen LogP contribution in [0.1, 0.15) is 23.7 Å². The number of nitrogens with one attached hydrogen (secondary N) is 1. The summed E-state index contributed by atoms with van der Waals surface area (Å²) in [7, 11) is 0. The van der Waals surface area contributed by atoms with Crippen molar-refractivity contribution in [3.8, 4) is 0 Å². The van der Waals surface area contributed by atoms with Gasteiger partial charge in [0.2, 0.25) is 11.8 Å². The molecule has 1 unspecified atom stereocenters. The molecule has 8 heteroatoms. The molecule has 0 aliphatic carbocycles. The predicted molar refractivity (Wildman–Crippen MR) is 66.9 cm³/mol. The maximum atomic E-state index is 13.8. The summed E-state index contributed by atoms with van der Waals surface area (Å²) in [5.74, 6) is -3.29. The molecule has 0 spiro atoms. The van der Waals surface area contributed by atoms with Crippen molar-refractivity contribution < 1.29 is 18.8 Å². The maximum absolute atomic E-state index is 13.8. The molecule has 0 aromatic carbocycles. The van der Waals surface area contributed by atoms with Gasteiger partial charge in [-0.05, 0) is 12.5 Å². The van der Waals surface area contributed by atoms with Crippen LogP contribution in [0.4, 0.5) is 10.2 Å². The van der Waals surface area contributed by atoms with Crippen LogP contribution in [-0.2, 0) is 9.59 Å². The van der Waals surface area contributed by atoms with E-state index < -0.39 is 35.4 Å². The van der Waals surface area contributed by atoms with Gasteiger partial charge in [-0.25, -0.2) is 9.37 Å². The van der Waals surface area contributed by atoms with Crippen molar-refractivity contribution in [1.29, 1.82) is 0 Å². The quantitative estimate of drug-likeness (QED) is 0.722. The van der Waals surface area contributed by atoms with Crippen LogP contribution in [0.15, 0.2) is 12.3 Å². The molecule has 106 valence electrons. The first-order valence-electron chi connectivity index (χ1n) is 6.00. The van der Waals surface area contributed by atoms with Crippen molar-refractivity contribution in [1.82, 2.24) is 15.2 Å². The third kappa shape index (κ3) is 2.31. The van der Waals surface area contributed by atoms with Gasteiger partial charge in [-0.1, -0.05) is 6.92 Å². The highest BCUT2D eigenvalue weighted by molar-refractivity contribution is 6.07. The van der Waals surface area contributed by atoms with Crippen LogP contribution < -0.4 is 11.1 Å². The molecule has 3 N–H and O–H groups in total. The second-order valence-corrected chi connectivity index (χ2v) is 4.33. The van der Waals surface area contributed by atoms with Crippen LogP contribution >= 0.6 is 0 Å². The lowest BCUT2D eigenvalue weighted by Gasteiger charge is -2.33. The van der Waals surface area contributed by atoms with Gasteiger partial charge in [0.25, 0.3) is 5.91 Å². The van der Waals surface area contributed by atoms with Crippen molar-refractivity contribution in [2.45, 2.75) is 19.4 Å². The molecular formula is C12H13FN4O3. The zero-order valence-corrected chi connectivity index (χ0v) is 10.7. The molecule has 1 aliphatic heterocycles. The highest BCUT2D eigenvalue weighted by atomic mass is 19.1. The summed E-state index contributed by atoms with van der Waals surface area (Å²) in [6.45, 7) is 1.39. The Morgan fingerprint density at radius 1 is 1.60 bits per heavy atom. The Kier molecular flexibility index (Phi) is 3.64. The number of amides is 3. The molecule has 2 heterocycles. The summed E-state index contributed by atoms with van der Waals surface area (Å²) in [6.07, 6.45) is 1.51. The van der Waals surface area contributed by atoms with Crippen molar-refractivity contribution in [2.75, 3.05) is 12.3 Å². The van der Waals surface area contributed by atoms with Gasteiger partial charge in [0.05, 0.1) is 5.56 Å². The fourth-order valence-corrected chi connectivity index (χ4v) is 2.07. The van der Waals surface area contributed by atoms with Gasteiger partial charge < -0.3 is 10.6 Å². The molecule has 20 heavy (non-hydrogen) atoms. The second kappa shape index (κ2) is 5.24. The number of piperazine rings is 1. The van der Waals surface area contributed by atoms with E-state index in [4.69, 9.17) is 5.73 Å². The third-order valence-corrected chi connectivity index (χ3v) is 3.05. The van der Waals surface area contributed by atoms with Crippen LogP contribution in [0.5, 0.6) is 0 Å². The zero-order valence-electron chi connectivity index (χ0n) is 10.7. The summed E-state index contributed by atoms with van der Waals surface area (Å²) in [4.78, 5) is 39.9. The van der Waals surface area contributed by atoms with Gasteiger partial charge in [-0.15, -0.1) is 0 Å². The molecule has 1 fully saturated rings. The number of nitrogen functional groups attached to an aromatic ring is 1. The van der Waals surface area contributed by atoms with Crippen LogP contribution in [0.25, 0.3) is 0 Å². The van der Waals surface area contributed by atoms with Gasteiger partial charge in [0, 0.05) is 6.20 Å². The number of anilines is 1. The number of aromatic nitrogens is 1. The number of hydrogen-bond donors (Lipinski definition) is 2. The maximum Gasteiger partial charge on any atom is 0.258 e. The smallest absolute Gasteiger partial charge is 0.258 e. The first-order chi connectivity index (χ1) is 9.45. The Morgan fingerprint density at radius 2 is 2.30 bits per heavy atom. The van der Waals surface area contributed by atoms with Gasteiger partial charge in [0.1, 0.15) is 12.6 Å². The van der Waals surface area contributed by atoms with Gasteiger partial charge in [-0.2, -0.15) is 0 Å². The van der Waals surface area contributed by atoms with Crippen molar-refractivity contribution in [2.24, 2.45) is 0 Å². The molecule has 1 aromatic rings. The van der Waals surface area contributed by atoms with E-state index in [1.165, 1.54) is 6.20 Å². The molecule has 1 aromatic heterocycles. The summed E-state index contributed by atoms with van der Waals surface area (Å²) >= 11 is 0. The number of carbonyl (C=O) groups is 3. The van der Waals surface area contributed by atoms with Crippen LogP contribution in [-0.4, -0.2) is 40.2 Å².